The van der Waals surface area contributed by atoms with Crippen LogP contribution >= 0.6 is 11.3 Å². The van der Waals surface area contributed by atoms with Crippen molar-refractivity contribution < 1.29 is 14.3 Å². The van der Waals surface area contributed by atoms with Crippen LogP contribution in [0.3, 0.4) is 0 Å². The van der Waals surface area contributed by atoms with E-state index in [9.17, 15) is 9.59 Å². The number of hydrogen-bond acceptors (Lipinski definition) is 5. The van der Waals surface area contributed by atoms with Crippen molar-refractivity contribution >= 4 is 33.1 Å². The van der Waals surface area contributed by atoms with E-state index in [0.717, 1.165) is 15.6 Å². The largest absolute Gasteiger partial charge is 0.513 e. The fourth-order valence-electron chi connectivity index (χ4n) is 2.81. The zero-order valence-electron chi connectivity index (χ0n) is 13.3. The van der Waals surface area contributed by atoms with Crippen molar-refractivity contribution in [3.63, 3.8) is 0 Å². The van der Waals surface area contributed by atoms with Crippen LogP contribution in [0, 0.1) is 0 Å². The lowest BCUT2D eigenvalue weighted by atomic mass is 10.1. The number of rotatable bonds is 2. The van der Waals surface area contributed by atoms with E-state index in [1.165, 1.54) is 22.8 Å². The molecule has 0 aliphatic rings. The fourth-order valence-corrected chi connectivity index (χ4v) is 3.74. The van der Waals surface area contributed by atoms with E-state index < -0.39 is 6.16 Å². The first-order chi connectivity index (χ1) is 12.2. The number of benzene rings is 1. The fraction of sp³-hybridized carbons (Fsp3) is 0.0526. The number of carbonyl (C=O) groups excluding carboxylic acids is 1. The Labute approximate surface area is 146 Å². The second-order valence-corrected chi connectivity index (χ2v) is 6.31. The van der Waals surface area contributed by atoms with Gasteiger partial charge in [-0.25, -0.2) is 4.79 Å². The average molecular weight is 351 g/mol. The highest BCUT2D eigenvalue weighted by molar-refractivity contribution is 7.18. The monoisotopic (exact) mass is 351 g/mol. The van der Waals surface area contributed by atoms with Gasteiger partial charge in [-0.3, -0.25) is 9.20 Å². The summed E-state index contributed by atoms with van der Waals surface area (Å²) in [6.45, 7) is 0. The van der Waals surface area contributed by atoms with Gasteiger partial charge in [0.15, 0.2) is 5.75 Å². The zero-order chi connectivity index (χ0) is 17.4. The van der Waals surface area contributed by atoms with Gasteiger partial charge in [-0.2, -0.15) is 0 Å². The molecule has 6 heteroatoms. The summed E-state index contributed by atoms with van der Waals surface area (Å²) >= 11 is 1.48. The Hall–Kier alpha value is -3.12. The van der Waals surface area contributed by atoms with Crippen LogP contribution in [0.2, 0.25) is 0 Å². The van der Waals surface area contributed by atoms with Crippen molar-refractivity contribution in [3.05, 3.63) is 70.5 Å². The Morgan fingerprint density at radius 1 is 1.12 bits per heavy atom. The predicted molar refractivity (Wildman–Crippen MR) is 97.5 cm³/mol. The van der Waals surface area contributed by atoms with Crippen LogP contribution in [0.5, 0.6) is 5.75 Å². The SMILES string of the molecule is COC(=O)Oc1cc(-c2ccccc2)c(=O)n2ccc3ccsc3c12. The molecule has 0 radical (unpaired) electrons. The number of methoxy groups -OCH3 is 1. The molecule has 0 unspecified atom stereocenters. The van der Waals surface area contributed by atoms with Crippen molar-refractivity contribution in [2.24, 2.45) is 0 Å². The molecule has 0 bridgehead atoms. The molecule has 0 saturated carbocycles. The number of thiophene rings is 1. The van der Waals surface area contributed by atoms with E-state index in [4.69, 9.17) is 4.74 Å². The molecule has 25 heavy (non-hydrogen) atoms. The Morgan fingerprint density at radius 3 is 2.68 bits per heavy atom. The molecule has 0 atom stereocenters. The first-order valence-electron chi connectivity index (χ1n) is 7.56. The third kappa shape index (κ3) is 2.56. The van der Waals surface area contributed by atoms with Gasteiger partial charge >= 0.3 is 6.16 Å². The molecular weight excluding hydrogens is 338 g/mol. The van der Waals surface area contributed by atoms with Gasteiger partial charge in [0.2, 0.25) is 0 Å². The summed E-state index contributed by atoms with van der Waals surface area (Å²) in [7, 11) is 1.25. The molecule has 1 aromatic carbocycles. The summed E-state index contributed by atoms with van der Waals surface area (Å²) in [5.41, 5.74) is 1.59. The molecule has 0 aliphatic heterocycles. The molecule has 3 heterocycles. The highest BCUT2D eigenvalue weighted by atomic mass is 32.1. The normalized spacial score (nSPS) is 10.9. The van der Waals surface area contributed by atoms with Gasteiger partial charge in [-0.15, -0.1) is 11.3 Å². The lowest BCUT2D eigenvalue weighted by molar-refractivity contribution is 0.122. The van der Waals surface area contributed by atoms with E-state index in [1.54, 1.807) is 12.3 Å². The number of pyridine rings is 2. The van der Waals surface area contributed by atoms with Crippen molar-refractivity contribution in [3.8, 4) is 16.9 Å². The minimum absolute atomic E-state index is 0.172. The maximum absolute atomic E-state index is 13.0. The first kappa shape index (κ1) is 15.4. The maximum atomic E-state index is 13.0. The molecule has 4 aromatic rings. The molecule has 0 N–H and O–H groups in total. The summed E-state index contributed by atoms with van der Waals surface area (Å²) in [6, 6.07) is 14.7. The summed E-state index contributed by atoms with van der Waals surface area (Å²) in [6.07, 6.45) is 0.872. The topological polar surface area (TPSA) is 57.0 Å². The van der Waals surface area contributed by atoms with E-state index in [0.29, 0.717) is 16.8 Å². The lowest BCUT2D eigenvalue weighted by Crippen LogP contribution is -2.18. The van der Waals surface area contributed by atoms with Crippen molar-refractivity contribution in [1.29, 1.82) is 0 Å². The summed E-state index contributed by atoms with van der Waals surface area (Å²) in [5, 5.41) is 2.91. The van der Waals surface area contributed by atoms with E-state index in [2.05, 4.69) is 4.74 Å². The van der Waals surface area contributed by atoms with Crippen LogP contribution in [0.15, 0.2) is 64.9 Å². The third-order valence-electron chi connectivity index (χ3n) is 3.96. The van der Waals surface area contributed by atoms with Crippen LogP contribution < -0.4 is 10.3 Å². The van der Waals surface area contributed by atoms with Crippen LogP contribution in [0.25, 0.3) is 26.7 Å². The molecule has 0 amide bonds. The second-order valence-electron chi connectivity index (χ2n) is 5.39. The summed E-state index contributed by atoms with van der Waals surface area (Å²) in [4.78, 5) is 24.7. The van der Waals surface area contributed by atoms with Gasteiger partial charge in [0.25, 0.3) is 5.56 Å². The van der Waals surface area contributed by atoms with Crippen molar-refractivity contribution in [2.75, 3.05) is 7.11 Å². The number of aromatic nitrogens is 1. The smallest absolute Gasteiger partial charge is 0.437 e. The Balaban J connectivity index is 2.10. The van der Waals surface area contributed by atoms with Gasteiger partial charge in [0, 0.05) is 6.20 Å². The number of hydrogen-bond donors (Lipinski definition) is 0. The Bertz CT molecular complexity index is 1140. The van der Waals surface area contributed by atoms with Crippen LogP contribution in [-0.2, 0) is 4.74 Å². The van der Waals surface area contributed by atoms with Gasteiger partial charge < -0.3 is 9.47 Å². The minimum atomic E-state index is -0.826. The van der Waals surface area contributed by atoms with Gasteiger partial charge in [0.05, 0.1) is 17.4 Å². The third-order valence-corrected chi connectivity index (χ3v) is 4.89. The lowest BCUT2D eigenvalue weighted by Gasteiger charge is -2.11. The molecule has 0 saturated heterocycles. The van der Waals surface area contributed by atoms with Gasteiger partial charge in [-0.05, 0) is 34.5 Å². The average Bonchev–Trinajstić information content (AvgIpc) is 3.13. The molecule has 0 fully saturated rings. The summed E-state index contributed by atoms with van der Waals surface area (Å²) < 4.78 is 12.4. The van der Waals surface area contributed by atoms with Crippen molar-refractivity contribution in [2.45, 2.75) is 0 Å². The predicted octanol–water partition coefficient (Wildman–Crippen LogP) is 4.33. The standard InChI is InChI=1S/C19H13NO4S/c1-23-19(22)24-15-11-14(12-5-3-2-4-6-12)18(21)20-9-7-13-8-10-25-17(13)16(15)20/h2-11H,1H3. The molecule has 4 rings (SSSR count). The molecule has 0 spiro atoms. The van der Waals surface area contributed by atoms with E-state index >= 15 is 0 Å². The second kappa shape index (κ2) is 6.07. The molecule has 124 valence electrons. The van der Waals surface area contributed by atoms with E-state index in [-0.39, 0.29) is 5.56 Å². The molecule has 3 aromatic heterocycles. The number of ether oxygens (including phenoxy) is 2. The summed E-state index contributed by atoms with van der Waals surface area (Å²) in [5.74, 6) is 0.290. The van der Waals surface area contributed by atoms with Crippen LogP contribution in [-0.4, -0.2) is 17.7 Å². The van der Waals surface area contributed by atoms with Gasteiger partial charge in [-0.1, -0.05) is 30.3 Å². The first-order valence-corrected chi connectivity index (χ1v) is 8.44. The molecule has 5 nitrogen and oxygen atoms in total. The minimum Gasteiger partial charge on any atom is -0.437 e. The highest BCUT2D eigenvalue weighted by Gasteiger charge is 2.17. The zero-order valence-corrected chi connectivity index (χ0v) is 14.1. The van der Waals surface area contributed by atoms with Crippen molar-refractivity contribution in [1.82, 2.24) is 4.40 Å². The maximum Gasteiger partial charge on any atom is 0.513 e. The number of nitrogens with zero attached hydrogens (tertiary/aromatic N) is 1. The van der Waals surface area contributed by atoms with Gasteiger partial charge in [0.1, 0.15) is 5.52 Å². The Kier molecular flexibility index (Phi) is 3.74. The quantitative estimate of drug-likeness (QED) is 0.505. The Morgan fingerprint density at radius 2 is 1.92 bits per heavy atom. The number of carbonyl (C=O) groups is 1. The van der Waals surface area contributed by atoms with E-state index in [1.807, 2.05) is 47.8 Å². The van der Waals surface area contributed by atoms with Crippen LogP contribution in [0.1, 0.15) is 0 Å². The molecule has 0 aliphatic carbocycles. The van der Waals surface area contributed by atoms with Crippen LogP contribution in [0.4, 0.5) is 4.79 Å². The highest BCUT2D eigenvalue weighted by Crippen LogP contribution is 2.33. The number of fused-ring (bicyclic) bond motifs is 3. The molecular formula is C19H13NO4S.